The Morgan fingerprint density at radius 3 is 2.90 bits per heavy atom. The van der Waals surface area contributed by atoms with Crippen LogP contribution in [0.15, 0.2) is 24.3 Å². The monoisotopic (exact) mass is 293 g/mol. The van der Waals surface area contributed by atoms with Gasteiger partial charge in [-0.3, -0.25) is 0 Å². The first-order chi connectivity index (χ1) is 9.74. The van der Waals surface area contributed by atoms with Crippen molar-refractivity contribution in [1.82, 2.24) is 14.9 Å². The van der Waals surface area contributed by atoms with Crippen LogP contribution in [0.4, 0.5) is 4.39 Å². The van der Waals surface area contributed by atoms with E-state index < -0.39 is 0 Å². The highest BCUT2D eigenvalue weighted by atomic mass is 32.1. The summed E-state index contributed by atoms with van der Waals surface area (Å²) < 4.78 is 17.4. The van der Waals surface area contributed by atoms with E-state index in [2.05, 4.69) is 28.8 Å². The van der Waals surface area contributed by atoms with Crippen LogP contribution in [0.3, 0.4) is 0 Å². The van der Waals surface area contributed by atoms with Crippen LogP contribution in [0.1, 0.15) is 42.4 Å². The van der Waals surface area contributed by atoms with E-state index in [0.29, 0.717) is 0 Å². The molecule has 5 heteroatoms. The summed E-state index contributed by atoms with van der Waals surface area (Å²) in [5.74, 6) is -0.185. The van der Waals surface area contributed by atoms with Gasteiger partial charge in [-0.05, 0) is 55.0 Å². The van der Waals surface area contributed by atoms with Crippen molar-refractivity contribution in [2.75, 3.05) is 6.54 Å². The van der Waals surface area contributed by atoms with E-state index in [0.717, 1.165) is 37.1 Å². The molecule has 108 valence electrons. The molecular formula is C15H20FN3S. The van der Waals surface area contributed by atoms with Crippen molar-refractivity contribution >= 4 is 11.5 Å². The van der Waals surface area contributed by atoms with Crippen LogP contribution in [-0.4, -0.2) is 16.1 Å². The summed E-state index contributed by atoms with van der Waals surface area (Å²) in [7, 11) is 0. The third-order valence-electron chi connectivity index (χ3n) is 3.21. The lowest BCUT2D eigenvalue weighted by atomic mass is 10.0. The zero-order chi connectivity index (χ0) is 14.4. The molecule has 1 aromatic heterocycles. The molecule has 1 N–H and O–H groups in total. The molecule has 2 aromatic rings. The highest BCUT2D eigenvalue weighted by Gasteiger charge is 2.18. The van der Waals surface area contributed by atoms with Crippen LogP contribution < -0.4 is 5.32 Å². The summed E-state index contributed by atoms with van der Waals surface area (Å²) in [6, 6.07) is 6.95. The standard InChI is InChI=1S/C15H20FN3S/c1-3-8-17-14(15-13(4-2)18-19-20-15)10-11-6-5-7-12(16)9-11/h5-7,9,14,17H,3-4,8,10H2,1-2H3. The average Bonchev–Trinajstić information content (AvgIpc) is 2.92. The molecule has 1 heterocycles. The largest absolute Gasteiger partial charge is 0.309 e. The summed E-state index contributed by atoms with van der Waals surface area (Å²) in [4.78, 5) is 1.17. The maximum absolute atomic E-state index is 13.3. The molecule has 0 amide bonds. The van der Waals surface area contributed by atoms with E-state index in [-0.39, 0.29) is 11.9 Å². The van der Waals surface area contributed by atoms with Crippen molar-refractivity contribution in [2.24, 2.45) is 0 Å². The third kappa shape index (κ3) is 3.84. The molecule has 20 heavy (non-hydrogen) atoms. The second kappa shape index (κ2) is 7.45. The van der Waals surface area contributed by atoms with Crippen LogP contribution >= 0.6 is 11.5 Å². The van der Waals surface area contributed by atoms with Gasteiger partial charge in [-0.2, -0.15) is 0 Å². The predicted molar refractivity (Wildman–Crippen MR) is 80.4 cm³/mol. The molecule has 1 atom stereocenters. The lowest BCUT2D eigenvalue weighted by Crippen LogP contribution is -2.24. The molecule has 0 saturated heterocycles. The zero-order valence-electron chi connectivity index (χ0n) is 11.9. The Morgan fingerprint density at radius 1 is 1.35 bits per heavy atom. The second-order valence-electron chi connectivity index (χ2n) is 4.78. The molecule has 0 radical (unpaired) electrons. The van der Waals surface area contributed by atoms with Gasteiger partial charge < -0.3 is 5.32 Å². The summed E-state index contributed by atoms with van der Waals surface area (Å²) in [6.45, 7) is 5.15. The number of rotatable bonds is 7. The Bertz CT molecular complexity index is 541. The van der Waals surface area contributed by atoms with Crippen molar-refractivity contribution in [3.63, 3.8) is 0 Å². The Hall–Kier alpha value is -1.33. The molecule has 0 aliphatic carbocycles. The number of halogens is 1. The lowest BCUT2D eigenvalue weighted by Gasteiger charge is -2.17. The highest BCUT2D eigenvalue weighted by molar-refractivity contribution is 7.05. The molecular weight excluding hydrogens is 273 g/mol. The predicted octanol–water partition coefficient (Wildman–Crippen LogP) is 3.52. The molecule has 1 aromatic carbocycles. The number of aromatic nitrogens is 2. The average molecular weight is 293 g/mol. The van der Waals surface area contributed by atoms with Crippen molar-refractivity contribution in [3.05, 3.63) is 46.2 Å². The van der Waals surface area contributed by atoms with E-state index in [1.165, 1.54) is 22.5 Å². The van der Waals surface area contributed by atoms with Crippen molar-refractivity contribution < 1.29 is 4.39 Å². The minimum Gasteiger partial charge on any atom is -0.309 e. The van der Waals surface area contributed by atoms with Gasteiger partial charge in [-0.25, -0.2) is 4.39 Å². The van der Waals surface area contributed by atoms with E-state index >= 15 is 0 Å². The maximum atomic E-state index is 13.3. The first-order valence-corrected chi connectivity index (χ1v) is 7.80. The molecule has 0 aliphatic rings. The molecule has 0 spiro atoms. The number of hydrogen-bond donors (Lipinski definition) is 1. The van der Waals surface area contributed by atoms with Crippen molar-refractivity contribution in [2.45, 2.75) is 39.2 Å². The van der Waals surface area contributed by atoms with Gasteiger partial charge in [0.15, 0.2) is 0 Å². The first kappa shape index (κ1) is 15.1. The maximum Gasteiger partial charge on any atom is 0.123 e. The number of nitrogens with zero attached hydrogens (tertiary/aromatic N) is 2. The van der Waals surface area contributed by atoms with Gasteiger partial charge in [0.05, 0.1) is 10.6 Å². The molecule has 0 fully saturated rings. The zero-order valence-corrected chi connectivity index (χ0v) is 12.7. The Labute approximate surface area is 123 Å². The first-order valence-electron chi connectivity index (χ1n) is 7.03. The molecule has 0 aliphatic heterocycles. The smallest absolute Gasteiger partial charge is 0.123 e. The summed E-state index contributed by atoms with van der Waals surface area (Å²) in [5.41, 5.74) is 2.04. The molecule has 2 rings (SSSR count). The van der Waals surface area contributed by atoms with Gasteiger partial charge >= 0.3 is 0 Å². The van der Waals surface area contributed by atoms with E-state index in [1.807, 2.05) is 6.07 Å². The minimum absolute atomic E-state index is 0.159. The fourth-order valence-electron chi connectivity index (χ4n) is 2.20. The summed E-state index contributed by atoms with van der Waals surface area (Å²) in [5, 5.41) is 7.70. The molecule has 0 bridgehead atoms. The second-order valence-corrected chi connectivity index (χ2v) is 5.56. The Balaban J connectivity index is 2.19. The Kier molecular flexibility index (Phi) is 5.61. The number of nitrogens with one attached hydrogen (secondary N) is 1. The van der Waals surface area contributed by atoms with Crippen LogP contribution in [0, 0.1) is 5.82 Å². The van der Waals surface area contributed by atoms with Gasteiger partial charge in [0.1, 0.15) is 5.82 Å². The fourth-order valence-corrected chi connectivity index (χ4v) is 3.01. The van der Waals surface area contributed by atoms with E-state index in [1.54, 1.807) is 12.1 Å². The van der Waals surface area contributed by atoms with Crippen LogP contribution in [-0.2, 0) is 12.8 Å². The molecule has 3 nitrogen and oxygen atoms in total. The molecule has 1 unspecified atom stereocenters. The number of aryl methyl sites for hydroxylation is 1. The quantitative estimate of drug-likeness (QED) is 0.848. The topological polar surface area (TPSA) is 37.8 Å². The normalized spacial score (nSPS) is 12.6. The highest BCUT2D eigenvalue weighted by Crippen LogP contribution is 2.25. The van der Waals surface area contributed by atoms with E-state index in [9.17, 15) is 4.39 Å². The molecule has 0 saturated carbocycles. The van der Waals surface area contributed by atoms with Gasteiger partial charge in [0, 0.05) is 6.04 Å². The van der Waals surface area contributed by atoms with Crippen molar-refractivity contribution in [3.8, 4) is 0 Å². The van der Waals surface area contributed by atoms with Crippen LogP contribution in [0.5, 0.6) is 0 Å². The number of hydrogen-bond acceptors (Lipinski definition) is 4. The van der Waals surface area contributed by atoms with E-state index in [4.69, 9.17) is 0 Å². The summed E-state index contributed by atoms with van der Waals surface area (Å²) >= 11 is 1.44. The number of benzene rings is 1. The Morgan fingerprint density at radius 2 is 2.20 bits per heavy atom. The van der Waals surface area contributed by atoms with Gasteiger partial charge in [0.2, 0.25) is 0 Å². The fraction of sp³-hybridized carbons (Fsp3) is 0.467. The van der Waals surface area contributed by atoms with Crippen LogP contribution in [0.25, 0.3) is 0 Å². The van der Waals surface area contributed by atoms with Gasteiger partial charge in [-0.1, -0.05) is 30.5 Å². The summed E-state index contributed by atoms with van der Waals surface area (Å²) in [6.07, 6.45) is 2.70. The van der Waals surface area contributed by atoms with Gasteiger partial charge in [-0.15, -0.1) is 5.10 Å². The van der Waals surface area contributed by atoms with Crippen molar-refractivity contribution in [1.29, 1.82) is 0 Å². The minimum atomic E-state index is -0.185. The lowest BCUT2D eigenvalue weighted by molar-refractivity contribution is 0.530. The van der Waals surface area contributed by atoms with Crippen LogP contribution in [0.2, 0.25) is 0 Å². The van der Waals surface area contributed by atoms with Gasteiger partial charge in [0.25, 0.3) is 0 Å². The SMILES string of the molecule is CCCNC(Cc1cccc(F)c1)c1snnc1CC. The third-order valence-corrected chi connectivity index (χ3v) is 4.09.